The van der Waals surface area contributed by atoms with Crippen LogP contribution >= 0.6 is 0 Å². The zero-order valence-corrected chi connectivity index (χ0v) is 15.7. The fraction of sp³-hybridized carbons (Fsp3) is 0.333. The van der Waals surface area contributed by atoms with Gasteiger partial charge in [-0.2, -0.15) is 0 Å². The molecule has 0 unspecified atom stereocenters. The van der Waals surface area contributed by atoms with Crippen LogP contribution in [0.3, 0.4) is 0 Å². The van der Waals surface area contributed by atoms with Crippen molar-refractivity contribution >= 4 is 67.9 Å². The summed E-state index contributed by atoms with van der Waals surface area (Å²) in [6.07, 6.45) is 0. The van der Waals surface area contributed by atoms with Gasteiger partial charge in [0.15, 0.2) is 0 Å². The summed E-state index contributed by atoms with van der Waals surface area (Å²) in [4.78, 5) is 0. The molecule has 0 atom stereocenters. The van der Waals surface area contributed by atoms with E-state index in [0.717, 1.165) is 0 Å². The van der Waals surface area contributed by atoms with E-state index in [9.17, 15) is 0 Å². The van der Waals surface area contributed by atoms with E-state index < -0.39 is 16.5 Å². The predicted octanol–water partition coefficient (Wildman–Crippen LogP) is 3.90. The molecule has 1 nitrogen and oxygen atoms in total. The number of benzene rings is 2. The molecular weight excluding hydrogens is 325 g/mol. The van der Waals surface area contributed by atoms with Gasteiger partial charge in [-0.15, -0.1) is 0 Å². The summed E-state index contributed by atoms with van der Waals surface area (Å²) in [7, 11) is -2.84. The Kier molecular flexibility index (Phi) is 8.47. The van der Waals surface area contributed by atoms with Gasteiger partial charge in [0.25, 0.3) is 0 Å². The van der Waals surface area contributed by atoms with E-state index >= 15 is 0 Å². The summed E-state index contributed by atoms with van der Waals surface area (Å²) in [5, 5.41) is 0. The van der Waals surface area contributed by atoms with Crippen LogP contribution < -0.4 is 4.65 Å². The van der Waals surface area contributed by atoms with Crippen LogP contribution in [-0.4, -0.2) is 67.9 Å². The van der Waals surface area contributed by atoms with Gasteiger partial charge in [0, 0.05) is 0 Å². The van der Waals surface area contributed by atoms with Crippen LogP contribution in [-0.2, 0) is 12.1 Å². The Morgan fingerprint density at radius 2 is 0.955 bits per heavy atom. The monoisotopic (exact) mass is 353 g/mol. The van der Waals surface area contributed by atoms with Gasteiger partial charge in [0.1, 0.15) is 16.5 Å². The summed E-state index contributed by atoms with van der Waals surface area (Å²) in [5.41, 5.74) is 2.93. The first-order valence-corrected chi connectivity index (χ1v) is 14.1. The molecule has 0 bridgehead atoms. The van der Waals surface area contributed by atoms with E-state index in [1.807, 2.05) is 0 Å². The molecule has 0 radical (unpaired) electrons. The van der Waals surface area contributed by atoms with Crippen LogP contribution in [0.5, 0.6) is 0 Å². The van der Waals surface area contributed by atoms with Crippen molar-refractivity contribution < 1.29 is 0 Å². The Morgan fingerprint density at radius 1 is 0.636 bits per heavy atom. The van der Waals surface area contributed by atoms with Gasteiger partial charge < -0.3 is 4.65 Å². The minimum absolute atomic E-state index is 0. The third-order valence-electron chi connectivity index (χ3n) is 3.65. The molecule has 0 aliphatic rings. The summed E-state index contributed by atoms with van der Waals surface area (Å²) in [6.45, 7) is 9.83. The number of nitrogens with one attached hydrogen (secondary N) is 1. The van der Waals surface area contributed by atoms with Gasteiger partial charge in [0.2, 0.25) is 0 Å². The fourth-order valence-electron chi connectivity index (χ4n) is 3.22. The van der Waals surface area contributed by atoms with Crippen LogP contribution in [0.15, 0.2) is 60.7 Å². The van der Waals surface area contributed by atoms with Gasteiger partial charge in [0.05, 0.1) is 0 Å². The molecule has 1 N–H and O–H groups in total. The van der Waals surface area contributed by atoms with Crippen LogP contribution in [0.1, 0.15) is 11.1 Å². The Bertz CT molecular complexity index is 504. The fourth-order valence-corrected chi connectivity index (χ4v) is 13.8. The molecule has 2 aromatic rings. The van der Waals surface area contributed by atoms with Gasteiger partial charge in [-0.05, 0) is 23.2 Å². The number of rotatable bonds is 6. The zero-order chi connectivity index (χ0) is 15.3. The standard InChI is InChI=1S/C18H27NSi2.K.H/c1-20(2,15-17-11-7-5-8-12-17)19-21(3,4)16-18-13-9-6-10-14-18;;/h5-14,19H,15-16H2,1-4H3;;. The van der Waals surface area contributed by atoms with E-state index in [4.69, 9.17) is 0 Å². The van der Waals surface area contributed by atoms with Gasteiger partial charge >= 0.3 is 51.4 Å². The summed E-state index contributed by atoms with van der Waals surface area (Å²) < 4.78 is 4.11. The molecule has 114 valence electrons. The summed E-state index contributed by atoms with van der Waals surface area (Å²) in [5.74, 6) is 0. The van der Waals surface area contributed by atoms with Crippen LogP contribution in [0.2, 0.25) is 26.2 Å². The van der Waals surface area contributed by atoms with Gasteiger partial charge in [-0.1, -0.05) is 86.9 Å². The Labute approximate surface area is 180 Å². The van der Waals surface area contributed by atoms with Crippen molar-refractivity contribution in [1.29, 1.82) is 0 Å². The van der Waals surface area contributed by atoms with Crippen LogP contribution in [0.25, 0.3) is 0 Å². The molecule has 0 aliphatic heterocycles. The van der Waals surface area contributed by atoms with E-state index in [0.29, 0.717) is 0 Å². The molecule has 0 saturated carbocycles. The van der Waals surface area contributed by atoms with E-state index in [1.165, 1.54) is 23.2 Å². The molecule has 0 heterocycles. The molecular formula is C18H28KNSi2. The average molecular weight is 354 g/mol. The molecule has 0 amide bonds. The van der Waals surface area contributed by atoms with E-state index in [-0.39, 0.29) is 51.4 Å². The first-order chi connectivity index (χ1) is 9.86. The van der Waals surface area contributed by atoms with Crippen molar-refractivity contribution in [1.82, 2.24) is 4.65 Å². The minimum atomic E-state index is -1.42. The van der Waals surface area contributed by atoms with Crippen molar-refractivity contribution in [2.24, 2.45) is 0 Å². The van der Waals surface area contributed by atoms with Crippen LogP contribution in [0, 0.1) is 0 Å². The quantitative estimate of drug-likeness (QED) is 0.777. The number of hydrogen-bond donors (Lipinski definition) is 1. The van der Waals surface area contributed by atoms with Crippen molar-refractivity contribution in [3.63, 3.8) is 0 Å². The summed E-state index contributed by atoms with van der Waals surface area (Å²) in [6, 6.07) is 24.2. The predicted molar refractivity (Wildman–Crippen MR) is 106 cm³/mol. The second-order valence-electron chi connectivity index (χ2n) is 7.22. The Morgan fingerprint density at radius 3 is 1.27 bits per heavy atom. The van der Waals surface area contributed by atoms with E-state index in [2.05, 4.69) is 91.5 Å². The molecule has 4 heteroatoms. The molecule has 0 aliphatic carbocycles. The van der Waals surface area contributed by atoms with Gasteiger partial charge in [-0.25, -0.2) is 0 Å². The first-order valence-electron chi connectivity index (χ1n) is 7.74. The Hall–Kier alpha value is 0.470. The average Bonchev–Trinajstić information content (AvgIpc) is 2.38. The van der Waals surface area contributed by atoms with Crippen molar-refractivity contribution in [2.45, 2.75) is 38.3 Å². The normalized spacial score (nSPS) is 11.8. The van der Waals surface area contributed by atoms with Crippen molar-refractivity contribution in [2.75, 3.05) is 0 Å². The Balaban J connectivity index is 0.00000242. The van der Waals surface area contributed by atoms with Gasteiger partial charge in [-0.3, -0.25) is 0 Å². The third kappa shape index (κ3) is 7.36. The second-order valence-corrected chi connectivity index (χ2v) is 16.5. The van der Waals surface area contributed by atoms with Crippen molar-refractivity contribution in [3.8, 4) is 0 Å². The third-order valence-corrected chi connectivity index (χ3v) is 11.7. The number of hydrogen-bond acceptors (Lipinski definition) is 1. The van der Waals surface area contributed by atoms with E-state index in [1.54, 1.807) is 0 Å². The SMILES string of the molecule is C[Si](C)(Cc1ccccc1)N[Si](C)(C)Cc1ccccc1.[KH]. The molecule has 0 spiro atoms. The van der Waals surface area contributed by atoms with Crippen molar-refractivity contribution in [3.05, 3.63) is 71.8 Å². The topological polar surface area (TPSA) is 12.0 Å². The molecule has 22 heavy (non-hydrogen) atoms. The zero-order valence-electron chi connectivity index (χ0n) is 13.7. The molecule has 0 saturated heterocycles. The molecule has 2 rings (SSSR count). The second kappa shape index (κ2) is 9.08. The molecule has 2 aromatic carbocycles. The molecule has 0 fully saturated rings. The molecule has 0 aromatic heterocycles. The maximum atomic E-state index is 4.11. The summed E-state index contributed by atoms with van der Waals surface area (Å²) >= 11 is 0. The maximum absolute atomic E-state index is 4.11. The van der Waals surface area contributed by atoms with Crippen LogP contribution in [0.4, 0.5) is 0 Å². The first kappa shape index (κ1) is 20.5.